The van der Waals surface area contributed by atoms with Crippen molar-refractivity contribution in [1.82, 2.24) is 25.7 Å². The van der Waals surface area contributed by atoms with Gasteiger partial charge in [0.1, 0.15) is 6.04 Å². The van der Waals surface area contributed by atoms with E-state index in [0.29, 0.717) is 18.1 Å². The molecule has 0 saturated heterocycles. The third-order valence-electron chi connectivity index (χ3n) is 2.35. The van der Waals surface area contributed by atoms with E-state index in [1.807, 2.05) is 6.92 Å². The Kier molecular flexibility index (Phi) is 5.28. The Morgan fingerprint density at radius 3 is 2.63 bits per heavy atom. The number of rotatable bonds is 5. The lowest BCUT2D eigenvalue weighted by Gasteiger charge is -2.13. The monoisotopic (exact) mass is 269 g/mol. The predicted molar refractivity (Wildman–Crippen MR) is 67.3 cm³/mol. The number of hydrogen-bond donors (Lipinski definition) is 2. The zero-order valence-corrected chi connectivity index (χ0v) is 11.6. The van der Waals surface area contributed by atoms with Crippen molar-refractivity contribution in [3.8, 4) is 0 Å². The van der Waals surface area contributed by atoms with E-state index in [1.54, 1.807) is 21.0 Å². The molecule has 19 heavy (non-hydrogen) atoms. The predicted octanol–water partition coefficient (Wildman–Crippen LogP) is 0.0804. The molecule has 1 aromatic heterocycles. The number of amides is 3. The van der Waals surface area contributed by atoms with Gasteiger partial charge in [-0.25, -0.2) is 4.79 Å². The molecule has 1 heterocycles. The SMILES string of the molecule is CCc1noc(C(C)NC(=O)CNC(=O)N(C)C)n1. The summed E-state index contributed by atoms with van der Waals surface area (Å²) in [5, 5.41) is 8.87. The first-order valence-electron chi connectivity index (χ1n) is 6.01. The van der Waals surface area contributed by atoms with Crippen LogP contribution in [0, 0.1) is 0 Å². The molecule has 0 aromatic carbocycles. The quantitative estimate of drug-likeness (QED) is 0.788. The second-order valence-electron chi connectivity index (χ2n) is 4.24. The molecule has 0 spiro atoms. The second kappa shape index (κ2) is 6.72. The van der Waals surface area contributed by atoms with Gasteiger partial charge in [-0.15, -0.1) is 0 Å². The van der Waals surface area contributed by atoms with Gasteiger partial charge in [0.15, 0.2) is 5.82 Å². The van der Waals surface area contributed by atoms with Crippen molar-refractivity contribution in [2.75, 3.05) is 20.6 Å². The Bertz CT molecular complexity index is 443. The molecule has 0 aliphatic carbocycles. The highest BCUT2D eigenvalue weighted by Crippen LogP contribution is 2.09. The van der Waals surface area contributed by atoms with Crippen molar-refractivity contribution in [2.24, 2.45) is 0 Å². The van der Waals surface area contributed by atoms with E-state index in [4.69, 9.17) is 4.52 Å². The molecule has 3 amide bonds. The Hall–Kier alpha value is -2.12. The maximum atomic E-state index is 11.6. The Balaban J connectivity index is 2.41. The lowest BCUT2D eigenvalue weighted by molar-refractivity contribution is -0.120. The normalized spacial score (nSPS) is 11.8. The van der Waals surface area contributed by atoms with Crippen LogP contribution in [0.1, 0.15) is 31.6 Å². The van der Waals surface area contributed by atoms with Gasteiger partial charge in [-0.2, -0.15) is 4.98 Å². The summed E-state index contributed by atoms with van der Waals surface area (Å²) in [7, 11) is 3.20. The number of aromatic nitrogens is 2. The van der Waals surface area contributed by atoms with E-state index < -0.39 is 6.04 Å². The fourth-order valence-corrected chi connectivity index (χ4v) is 1.26. The van der Waals surface area contributed by atoms with Crippen LogP contribution in [-0.2, 0) is 11.2 Å². The topological polar surface area (TPSA) is 100 Å². The van der Waals surface area contributed by atoms with Gasteiger partial charge in [-0.1, -0.05) is 12.1 Å². The van der Waals surface area contributed by atoms with Crippen LogP contribution in [-0.4, -0.2) is 47.6 Å². The molecule has 1 atom stereocenters. The molecule has 8 heteroatoms. The molecule has 0 bridgehead atoms. The molecule has 1 unspecified atom stereocenters. The first-order valence-corrected chi connectivity index (χ1v) is 6.01. The Morgan fingerprint density at radius 1 is 1.42 bits per heavy atom. The summed E-state index contributed by atoms with van der Waals surface area (Å²) in [5.41, 5.74) is 0. The maximum absolute atomic E-state index is 11.6. The van der Waals surface area contributed by atoms with E-state index >= 15 is 0 Å². The van der Waals surface area contributed by atoms with Crippen LogP contribution in [0.2, 0.25) is 0 Å². The van der Waals surface area contributed by atoms with Crippen molar-refractivity contribution in [2.45, 2.75) is 26.3 Å². The van der Waals surface area contributed by atoms with Crippen LogP contribution in [0.25, 0.3) is 0 Å². The minimum Gasteiger partial charge on any atom is -0.343 e. The molecule has 8 nitrogen and oxygen atoms in total. The molecule has 0 aliphatic rings. The highest BCUT2D eigenvalue weighted by atomic mass is 16.5. The molecule has 0 saturated carbocycles. The highest BCUT2D eigenvalue weighted by molar-refractivity contribution is 5.83. The van der Waals surface area contributed by atoms with Crippen molar-refractivity contribution < 1.29 is 14.1 Å². The van der Waals surface area contributed by atoms with Crippen LogP contribution in [0.5, 0.6) is 0 Å². The van der Waals surface area contributed by atoms with Gasteiger partial charge >= 0.3 is 6.03 Å². The van der Waals surface area contributed by atoms with Gasteiger partial charge in [-0.05, 0) is 6.92 Å². The number of nitrogens with zero attached hydrogens (tertiary/aromatic N) is 3. The molecule has 0 radical (unpaired) electrons. The first kappa shape index (κ1) is 14.9. The smallest absolute Gasteiger partial charge is 0.317 e. The summed E-state index contributed by atoms with van der Waals surface area (Å²) in [6.07, 6.45) is 0.670. The van der Waals surface area contributed by atoms with E-state index in [1.165, 1.54) is 4.90 Å². The third kappa shape index (κ3) is 4.57. The summed E-state index contributed by atoms with van der Waals surface area (Å²) in [6, 6.07) is -0.717. The van der Waals surface area contributed by atoms with Crippen molar-refractivity contribution in [1.29, 1.82) is 0 Å². The summed E-state index contributed by atoms with van der Waals surface area (Å²) in [4.78, 5) is 28.3. The number of carbonyl (C=O) groups is 2. The molecule has 2 N–H and O–H groups in total. The van der Waals surface area contributed by atoms with Crippen molar-refractivity contribution in [3.05, 3.63) is 11.7 Å². The summed E-state index contributed by atoms with van der Waals surface area (Å²) < 4.78 is 5.01. The minimum absolute atomic E-state index is 0.101. The Morgan fingerprint density at radius 2 is 2.11 bits per heavy atom. The van der Waals surface area contributed by atoms with Gasteiger partial charge in [0.25, 0.3) is 0 Å². The molecule has 0 aliphatic heterocycles. The average molecular weight is 269 g/mol. The molecule has 106 valence electrons. The molecular formula is C11H19N5O3. The van der Waals surface area contributed by atoms with Gasteiger partial charge in [0, 0.05) is 20.5 Å². The van der Waals surface area contributed by atoms with Gasteiger partial charge in [0.2, 0.25) is 11.8 Å². The number of urea groups is 1. The van der Waals surface area contributed by atoms with E-state index in [2.05, 4.69) is 20.8 Å². The summed E-state index contributed by atoms with van der Waals surface area (Å²) in [5.74, 6) is 0.625. The first-order chi connectivity index (χ1) is 8.93. The van der Waals surface area contributed by atoms with E-state index in [0.717, 1.165) is 0 Å². The van der Waals surface area contributed by atoms with E-state index in [9.17, 15) is 9.59 Å². The van der Waals surface area contributed by atoms with Crippen molar-refractivity contribution in [3.63, 3.8) is 0 Å². The average Bonchev–Trinajstić information content (AvgIpc) is 2.84. The third-order valence-corrected chi connectivity index (χ3v) is 2.35. The second-order valence-corrected chi connectivity index (χ2v) is 4.24. The van der Waals surface area contributed by atoms with Gasteiger partial charge < -0.3 is 20.1 Å². The summed E-state index contributed by atoms with van der Waals surface area (Å²) in [6.45, 7) is 3.55. The molecule has 0 fully saturated rings. The van der Waals surface area contributed by atoms with Crippen molar-refractivity contribution >= 4 is 11.9 Å². The Labute approximate surface area is 111 Å². The van der Waals surface area contributed by atoms with Gasteiger partial charge in [0.05, 0.1) is 6.54 Å². The summed E-state index contributed by atoms with van der Waals surface area (Å²) >= 11 is 0. The van der Waals surface area contributed by atoms with Gasteiger partial charge in [-0.3, -0.25) is 4.79 Å². The lowest BCUT2D eigenvalue weighted by atomic mass is 10.3. The van der Waals surface area contributed by atoms with Crippen LogP contribution in [0.15, 0.2) is 4.52 Å². The zero-order valence-electron chi connectivity index (χ0n) is 11.6. The van der Waals surface area contributed by atoms with Crippen LogP contribution >= 0.6 is 0 Å². The zero-order chi connectivity index (χ0) is 14.4. The lowest BCUT2D eigenvalue weighted by Crippen LogP contribution is -2.42. The fraction of sp³-hybridized carbons (Fsp3) is 0.636. The largest absolute Gasteiger partial charge is 0.343 e. The standard InChI is InChI=1S/C11H19N5O3/c1-5-8-14-10(19-15-8)7(2)13-9(17)6-12-11(18)16(3)4/h7H,5-6H2,1-4H3,(H,12,18)(H,13,17). The van der Waals surface area contributed by atoms with Crippen LogP contribution < -0.4 is 10.6 Å². The number of hydrogen-bond acceptors (Lipinski definition) is 5. The van der Waals surface area contributed by atoms with E-state index in [-0.39, 0.29) is 18.5 Å². The van der Waals surface area contributed by atoms with Crippen LogP contribution in [0.4, 0.5) is 4.79 Å². The minimum atomic E-state index is -0.392. The van der Waals surface area contributed by atoms with Crippen LogP contribution in [0.3, 0.4) is 0 Å². The molecular weight excluding hydrogens is 250 g/mol. The highest BCUT2D eigenvalue weighted by Gasteiger charge is 2.16. The number of carbonyl (C=O) groups excluding carboxylic acids is 2. The maximum Gasteiger partial charge on any atom is 0.317 e. The molecule has 1 rings (SSSR count). The fourth-order valence-electron chi connectivity index (χ4n) is 1.26. The number of aryl methyl sites for hydroxylation is 1. The molecule has 1 aromatic rings. The number of nitrogens with one attached hydrogen (secondary N) is 2.